The van der Waals surface area contributed by atoms with Crippen molar-refractivity contribution in [2.45, 2.75) is 32.1 Å². The van der Waals surface area contributed by atoms with Crippen LogP contribution in [0.15, 0.2) is 12.8 Å². The number of terminal acetylenes is 1. The lowest BCUT2D eigenvalue weighted by Crippen LogP contribution is -2.02. The van der Waals surface area contributed by atoms with E-state index in [1.807, 2.05) is 6.20 Å². The zero-order valence-electron chi connectivity index (χ0n) is 8.56. The van der Waals surface area contributed by atoms with Crippen molar-refractivity contribution < 1.29 is 0 Å². The maximum Gasteiger partial charge on any atom is 0.0442 e. The molecular formula is C13H15N. The van der Waals surface area contributed by atoms with E-state index in [0.717, 1.165) is 12.8 Å². The first kappa shape index (κ1) is 9.15. The van der Waals surface area contributed by atoms with Crippen molar-refractivity contribution in [2.24, 2.45) is 0 Å². The Balaban J connectivity index is 2.50. The largest absolute Gasteiger partial charge is 0.364 e. The van der Waals surface area contributed by atoms with Gasteiger partial charge >= 0.3 is 0 Å². The Labute approximate surface area is 85.2 Å². The van der Waals surface area contributed by atoms with E-state index in [-0.39, 0.29) is 5.92 Å². The molecule has 1 aliphatic carbocycles. The van der Waals surface area contributed by atoms with Gasteiger partial charge in [0.1, 0.15) is 0 Å². The monoisotopic (exact) mass is 185 g/mol. The summed E-state index contributed by atoms with van der Waals surface area (Å²) in [6, 6.07) is 0. The quantitative estimate of drug-likeness (QED) is 0.647. The maximum atomic E-state index is 5.45. The SMILES string of the molecule is C#C[C@@H](C)c1c[nH]c2c1C(=C)CCC2. The maximum absolute atomic E-state index is 5.45. The van der Waals surface area contributed by atoms with Crippen molar-refractivity contribution in [2.75, 3.05) is 0 Å². The molecular weight excluding hydrogens is 170 g/mol. The van der Waals surface area contributed by atoms with E-state index in [0.29, 0.717) is 0 Å². The van der Waals surface area contributed by atoms with Gasteiger partial charge in [0, 0.05) is 23.4 Å². The molecule has 2 rings (SSSR count). The van der Waals surface area contributed by atoms with Crippen molar-refractivity contribution in [3.8, 4) is 12.3 Å². The molecule has 0 bridgehead atoms. The van der Waals surface area contributed by atoms with E-state index in [1.165, 1.54) is 28.8 Å². The standard InChI is InChI=1S/C13H15N/c1-4-9(2)11-8-14-12-7-5-6-10(3)13(11)12/h1,8-9,14H,3,5-7H2,2H3/t9-/m1/s1. The van der Waals surface area contributed by atoms with Crippen molar-refractivity contribution in [3.63, 3.8) is 0 Å². The van der Waals surface area contributed by atoms with Crippen LogP contribution in [-0.2, 0) is 6.42 Å². The Morgan fingerprint density at radius 3 is 3.07 bits per heavy atom. The van der Waals surface area contributed by atoms with Crippen LogP contribution in [0, 0.1) is 12.3 Å². The number of nitrogens with one attached hydrogen (secondary N) is 1. The molecule has 1 heteroatoms. The molecule has 1 N–H and O–H groups in total. The summed E-state index contributed by atoms with van der Waals surface area (Å²) in [5.41, 5.74) is 5.11. The molecule has 0 radical (unpaired) electrons. The Bertz CT molecular complexity index is 403. The Morgan fingerprint density at radius 1 is 1.57 bits per heavy atom. The fourth-order valence-corrected chi connectivity index (χ4v) is 2.13. The lowest BCUT2D eigenvalue weighted by atomic mass is 9.87. The molecule has 72 valence electrons. The summed E-state index contributed by atoms with van der Waals surface area (Å²) in [5, 5.41) is 0. The molecule has 0 saturated carbocycles. The lowest BCUT2D eigenvalue weighted by molar-refractivity contribution is 0.802. The molecule has 1 nitrogen and oxygen atoms in total. The van der Waals surface area contributed by atoms with Crippen LogP contribution in [0.1, 0.15) is 42.5 Å². The Kier molecular flexibility index (Phi) is 2.21. The highest BCUT2D eigenvalue weighted by molar-refractivity contribution is 5.71. The second-order valence-electron chi connectivity index (χ2n) is 3.94. The number of allylic oxidation sites excluding steroid dienone is 1. The minimum absolute atomic E-state index is 0.185. The smallest absolute Gasteiger partial charge is 0.0442 e. The topological polar surface area (TPSA) is 15.8 Å². The third kappa shape index (κ3) is 1.28. The van der Waals surface area contributed by atoms with Crippen LogP contribution in [0.3, 0.4) is 0 Å². The molecule has 1 aromatic heterocycles. The first-order chi connectivity index (χ1) is 6.74. The highest BCUT2D eigenvalue weighted by Crippen LogP contribution is 2.34. The number of aromatic nitrogens is 1. The number of fused-ring (bicyclic) bond motifs is 1. The van der Waals surface area contributed by atoms with E-state index < -0.39 is 0 Å². The fraction of sp³-hybridized carbons (Fsp3) is 0.385. The molecule has 0 aromatic carbocycles. The number of aryl methyl sites for hydroxylation is 1. The first-order valence-electron chi connectivity index (χ1n) is 5.08. The molecule has 0 aliphatic heterocycles. The van der Waals surface area contributed by atoms with Crippen LogP contribution >= 0.6 is 0 Å². The lowest BCUT2D eigenvalue weighted by Gasteiger charge is -2.16. The van der Waals surface area contributed by atoms with Gasteiger partial charge in [0.05, 0.1) is 0 Å². The van der Waals surface area contributed by atoms with Crippen LogP contribution in [-0.4, -0.2) is 4.98 Å². The summed E-state index contributed by atoms with van der Waals surface area (Å²) >= 11 is 0. The third-order valence-corrected chi connectivity index (χ3v) is 2.97. The molecule has 1 heterocycles. The average Bonchev–Trinajstić information content (AvgIpc) is 2.62. The van der Waals surface area contributed by atoms with Crippen molar-refractivity contribution in [3.05, 3.63) is 29.6 Å². The van der Waals surface area contributed by atoms with Crippen LogP contribution in [0.5, 0.6) is 0 Å². The summed E-state index contributed by atoms with van der Waals surface area (Å²) in [7, 11) is 0. The van der Waals surface area contributed by atoms with Gasteiger partial charge in [0.2, 0.25) is 0 Å². The van der Waals surface area contributed by atoms with E-state index in [2.05, 4.69) is 24.4 Å². The molecule has 0 fully saturated rings. The summed E-state index contributed by atoms with van der Waals surface area (Å²) < 4.78 is 0. The molecule has 0 spiro atoms. The van der Waals surface area contributed by atoms with Gasteiger partial charge in [-0.1, -0.05) is 12.5 Å². The third-order valence-electron chi connectivity index (χ3n) is 2.97. The van der Waals surface area contributed by atoms with Gasteiger partial charge in [0.25, 0.3) is 0 Å². The molecule has 14 heavy (non-hydrogen) atoms. The molecule has 0 amide bonds. The molecule has 0 unspecified atom stereocenters. The summed E-state index contributed by atoms with van der Waals surface area (Å²) in [4.78, 5) is 3.32. The van der Waals surface area contributed by atoms with Crippen LogP contribution in [0.4, 0.5) is 0 Å². The van der Waals surface area contributed by atoms with Gasteiger partial charge in [-0.25, -0.2) is 0 Å². The number of rotatable bonds is 1. The second-order valence-corrected chi connectivity index (χ2v) is 3.94. The zero-order chi connectivity index (χ0) is 10.1. The van der Waals surface area contributed by atoms with Crippen LogP contribution in [0.25, 0.3) is 5.57 Å². The van der Waals surface area contributed by atoms with Crippen LogP contribution < -0.4 is 0 Å². The van der Waals surface area contributed by atoms with Gasteiger partial charge in [-0.2, -0.15) is 0 Å². The number of H-pyrrole nitrogens is 1. The van der Waals surface area contributed by atoms with Crippen LogP contribution in [0.2, 0.25) is 0 Å². The molecule has 1 atom stereocenters. The van der Waals surface area contributed by atoms with Gasteiger partial charge in [-0.05, 0) is 37.3 Å². The molecule has 1 aromatic rings. The normalized spacial score (nSPS) is 17.3. The van der Waals surface area contributed by atoms with E-state index in [4.69, 9.17) is 6.42 Å². The highest BCUT2D eigenvalue weighted by atomic mass is 14.7. The summed E-state index contributed by atoms with van der Waals surface area (Å²) in [5.74, 6) is 2.96. The first-order valence-corrected chi connectivity index (χ1v) is 5.08. The predicted molar refractivity (Wildman–Crippen MR) is 60.0 cm³/mol. The fourth-order valence-electron chi connectivity index (χ4n) is 2.13. The summed E-state index contributed by atoms with van der Waals surface area (Å²) in [6.45, 7) is 6.18. The van der Waals surface area contributed by atoms with Gasteiger partial charge in [-0.3, -0.25) is 0 Å². The van der Waals surface area contributed by atoms with E-state index in [1.54, 1.807) is 0 Å². The molecule has 1 aliphatic rings. The van der Waals surface area contributed by atoms with Crippen molar-refractivity contribution in [1.29, 1.82) is 0 Å². The number of hydrogen-bond donors (Lipinski definition) is 1. The van der Waals surface area contributed by atoms with Gasteiger partial charge in [-0.15, -0.1) is 6.42 Å². The number of aromatic amines is 1. The average molecular weight is 185 g/mol. The van der Waals surface area contributed by atoms with Crippen molar-refractivity contribution >= 4 is 5.57 Å². The van der Waals surface area contributed by atoms with E-state index >= 15 is 0 Å². The Morgan fingerprint density at radius 2 is 2.36 bits per heavy atom. The second kappa shape index (κ2) is 3.38. The van der Waals surface area contributed by atoms with Gasteiger partial charge in [0.15, 0.2) is 0 Å². The zero-order valence-corrected chi connectivity index (χ0v) is 8.56. The molecule has 0 saturated heterocycles. The number of hydrogen-bond acceptors (Lipinski definition) is 0. The minimum atomic E-state index is 0.185. The van der Waals surface area contributed by atoms with Crippen molar-refractivity contribution in [1.82, 2.24) is 4.98 Å². The predicted octanol–water partition coefficient (Wildman–Crippen LogP) is 3.10. The highest BCUT2D eigenvalue weighted by Gasteiger charge is 2.20. The summed E-state index contributed by atoms with van der Waals surface area (Å²) in [6.07, 6.45) is 10.9. The van der Waals surface area contributed by atoms with E-state index in [9.17, 15) is 0 Å². The minimum Gasteiger partial charge on any atom is -0.364 e. The Hall–Kier alpha value is -1.42. The van der Waals surface area contributed by atoms with Gasteiger partial charge < -0.3 is 4.98 Å².